The quantitative estimate of drug-likeness (QED) is 0.740. The Hall–Kier alpha value is -2.50. The number of aryl methyl sites for hydroxylation is 1. The summed E-state index contributed by atoms with van der Waals surface area (Å²) in [5.74, 6) is 1.07. The number of anilines is 1. The van der Waals surface area contributed by atoms with Crippen LogP contribution < -0.4 is 5.32 Å². The van der Waals surface area contributed by atoms with Crippen molar-refractivity contribution in [3.63, 3.8) is 0 Å². The van der Waals surface area contributed by atoms with Gasteiger partial charge in [-0.25, -0.2) is 0 Å². The van der Waals surface area contributed by atoms with Crippen molar-refractivity contribution in [1.82, 2.24) is 0 Å². The molecule has 0 saturated heterocycles. The van der Waals surface area contributed by atoms with Crippen LogP contribution in [-0.2, 0) is 23.8 Å². The van der Waals surface area contributed by atoms with Crippen molar-refractivity contribution in [2.45, 2.75) is 38.8 Å². The van der Waals surface area contributed by atoms with Crippen molar-refractivity contribution in [1.29, 1.82) is 0 Å². The lowest BCUT2D eigenvalue weighted by molar-refractivity contribution is -0.137. The van der Waals surface area contributed by atoms with Gasteiger partial charge in [-0.3, -0.25) is 4.79 Å². The lowest BCUT2D eigenvalue weighted by Gasteiger charge is -2.08. The van der Waals surface area contributed by atoms with Gasteiger partial charge in [-0.05, 0) is 61.6 Å². The Morgan fingerprint density at radius 1 is 1.20 bits per heavy atom. The van der Waals surface area contributed by atoms with E-state index in [-0.39, 0.29) is 11.1 Å². The first-order chi connectivity index (χ1) is 11.8. The molecule has 2 heterocycles. The molecule has 1 amide bonds. The van der Waals surface area contributed by atoms with Gasteiger partial charge in [-0.15, -0.1) is 0 Å². The number of amides is 1. The molecule has 0 unspecified atom stereocenters. The highest BCUT2D eigenvalue weighted by Crippen LogP contribution is 2.39. The Morgan fingerprint density at radius 3 is 2.68 bits per heavy atom. The fourth-order valence-corrected chi connectivity index (χ4v) is 3.52. The number of nitrogens with one attached hydrogen (secondary N) is 1. The molecule has 1 aliphatic carbocycles. The molecule has 4 rings (SSSR count). The van der Waals surface area contributed by atoms with Crippen LogP contribution in [0, 0.1) is 6.92 Å². The largest absolute Gasteiger partial charge is 0.461 e. The Morgan fingerprint density at radius 2 is 1.96 bits per heavy atom. The third kappa shape index (κ3) is 2.65. The second kappa shape index (κ2) is 5.51. The van der Waals surface area contributed by atoms with Gasteiger partial charge in [0.05, 0.1) is 11.1 Å². The number of fused-ring (bicyclic) bond motifs is 2. The van der Waals surface area contributed by atoms with Gasteiger partial charge in [-0.2, -0.15) is 13.2 Å². The predicted molar refractivity (Wildman–Crippen MR) is 88.0 cm³/mol. The summed E-state index contributed by atoms with van der Waals surface area (Å²) in [6.07, 6.45) is 1.07. The first kappa shape index (κ1) is 16.0. The van der Waals surface area contributed by atoms with Gasteiger partial charge < -0.3 is 9.73 Å². The van der Waals surface area contributed by atoms with Gasteiger partial charge in [0.1, 0.15) is 11.5 Å². The molecule has 1 N–H and O–H groups in total. The van der Waals surface area contributed by atoms with Gasteiger partial charge in [0, 0.05) is 17.7 Å². The maximum Gasteiger partial charge on any atom is 0.416 e. The van der Waals surface area contributed by atoms with E-state index >= 15 is 0 Å². The standard InChI is InChI=1S/C19H16F3NO2/c1-10-12-4-2-3-5-16(12)25-17(10)9-14-13-8-11(19(20,21)22)6-7-15(13)23-18(14)24/h6-9H,2-5H2,1H3,(H,23,24). The maximum absolute atomic E-state index is 13.0. The molecule has 0 saturated carbocycles. The minimum Gasteiger partial charge on any atom is -0.461 e. The smallest absolute Gasteiger partial charge is 0.416 e. The van der Waals surface area contributed by atoms with E-state index in [1.807, 2.05) is 6.92 Å². The predicted octanol–water partition coefficient (Wildman–Crippen LogP) is 4.98. The lowest BCUT2D eigenvalue weighted by Crippen LogP contribution is -2.04. The Balaban J connectivity index is 1.81. The number of hydrogen-bond acceptors (Lipinski definition) is 2. The van der Waals surface area contributed by atoms with Crippen LogP contribution in [0.15, 0.2) is 22.6 Å². The van der Waals surface area contributed by atoms with Crippen molar-refractivity contribution < 1.29 is 22.4 Å². The van der Waals surface area contributed by atoms with Crippen LogP contribution in [0.5, 0.6) is 0 Å². The van der Waals surface area contributed by atoms with Crippen LogP contribution in [0.4, 0.5) is 18.9 Å². The number of alkyl halides is 3. The minimum absolute atomic E-state index is 0.204. The van der Waals surface area contributed by atoms with Crippen LogP contribution in [0.25, 0.3) is 11.6 Å². The Bertz CT molecular complexity index is 906. The normalized spacial score (nSPS) is 18.2. The zero-order chi connectivity index (χ0) is 17.8. The van der Waals surface area contributed by atoms with Gasteiger partial charge in [0.15, 0.2) is 0 Å². The first-order valence-electron chi connectivity index (χ1n) is 8.20. The van der Waals surface area contributed by atoms with Crippen LogP contribution in [0.1, 0.15) is 46.6 Å². The van der Waals surface area contributed by atoms with E-state index in [1.165, 1.54) is 11.6 Å². The molecular weight excluding hydrogens is 331 g/mol. The number of carbonyl (C=O) groups is 1. The first-order valence-corrected chi connectivity index (χ1v) is 8.20. The van der Waals surface area contributed by atoms with Gasteiger partial charge >= 0.3 is 6.18 Å². The fraction of sp³-hybridized carbons (Fsp3) is 0.316. The fourth-order valence-electron chi connectivity index (χ4n) is 3.52. The van der Waals surface area contributed by atoms with Crippen molar-refractivity contribution >= 4 is 23.2 Å². The van der Waals surface area contributed by atoms with E-state index in [9.17, 15) is 18.0 Å². The summed E-state index contributed by atoms with van der Waals surface area (Å²) in [5.41, 5.74) is 2.21. The van der Waals surface area contributed by atoms with E-state index in [2.05, 4.69) is 5.32 Å². The van der Waals surface area contributed by atoms with Gasteiger partial charge in [0.25, 0.3) is 5.91 Å². The maximum atomic E-state index is 13.0. The third-order valence-corrected chi connectivity index (χ3v) is 4.88. The Kier molecular flexibility index (Phi) is 3.52. The number of hydrogen-bond donors (Lipinski definition) is 1. The van der Waals surface area contributed by atoms with Crippen LogP contribution >= 0.6 is 0 Å². The zero-order valence-electron chi connectivity index (χ0n) is 13.6. The molecule has 0 radical (unpaired) electrons. The monoisotopic (exact) mass is 347 g/mol. The average Bonchev–Trinajstić information content (AvgIpc) is 3.05. The second-order valence-corrected chi connectivity index (χ2v) is 6.47. The molecule has 25 heavy (non-hydrogen) atoms. The van der Waals surface area contributed by atoms with E-state index < -0.39 is 17.6 Å². The second-order valence-electron chi connectivity index (χ2n) is 6.47. The van der Waals surface area contributed by atoms with Crippen LogP contribution in [0.3, 0.4) is 0 Å². The van der Waals surface area contributed by atoms with Crippen molar-refractivity contribution in [3.05, 3.63) is 52.0 Å². The van der Waals surface area contributed by atoms with Crippen molar-refractivity contribution in [2.24, 2.45) is 0 Å². The van der Waals surface area contributed by atoms with Gasteiger partial charge in [0.2, 0.25) is 0 Å². The highest BCUT2D eigenvalue weighted by Gasteiger charge is 2.34. The molecular formula is C19H16F3NO2. The molecule has 0 bridgehead atoms. The highest BCUT2D eigenvalue weighted by molar-refractivity contribution is 6.34. The summed E-state index contributed by atoms with van der Waals surface area (Å²) in [6.45, 7) is 1.93. The number of rotatable bonds is 1. The van der Waals surface area contributed by atoms with Crippen LogP contribution in [0.2, 0.25) is 0 Å². The van der Waals surface area contributed by atoms with Crippen molar-refractivity contribution in [2.75, 3.05) is 5.32 Å². The summed E-state index contributed by atoms with van der Waals surface area (Å²) in [7, 11) is 0. The van der Waals surface area contributed by atoms with E-state index in [4.69, 9.17) is 4.42 Å². The molecule has 3 nitrogen and oxygen atoms in total. The molecule has 1 aromatic carbocycles. The lowest BCUT2D eigenvalue weighted by atomic mass is 9.95. The summed E-state index contributed by atoms with van der Waals surface area (Å²) < 4.78 is 44.8. The molecule has 0 atom stereocenters. The number of carbonyl (C=O) groups excluding carboxylic acids is 1. The van der Waals surface area contributed by atoms with E-state index in [1.54, 1.807) is 6.08 Å². The SMILES string of the molecule is Cc1c(C=C2C(=O)Nc3ccc(C(F)(F)F)cc32)oc2c1CCCC2. The summed E-state index contributed by atoms with van der Waals surface area (Å²) in [4.78, 5) is 12.2. The van der Waals surface area contributed by atoms with Gasteiger partial charge in [-0.1, -0.05) is 0 Å². The third-order valence-electron chi connectivity index (χ3n) is 4.88. The molecule has 2 aliphatic rings. The van der Waals surface area contributed by atoms with Crippen LogP contribution in [-0.4, -0.2) is 5.91 Å². The number of benzene rings is 1. The summed E-state index contributed by atoms with van der Waals surface area (Å²) >= 11 is 0. The highest BCUT2D eigenvalue weighted by atomic mass is 19.4. The molecule has 0 fully saturated rings. The van der Waals surface area contributed by atoms with E-state index in [0.29, 0.717) is 11.4 Å². The molecule has 2 aromatic rings. The Labute approximate surface area is 142 Å². The molecule has 1 aromatic heterocycles. The molecule has 1 aliphatic heterocycles. The summed E-state index contributed by atoms with van der Waals surface area (Å²) in [5, 5.41) is 2.61. The molecule has 6 heteroatoms. The molecule has 0 spiro atoms. The number of halogens is 3. The number of furan rings is 1. The summed E-state index contributed by atoms with van der Waals surface area (Å²) in [6, 6.07) is 3.27. The van der Waals surface area contributed by atoms with E-state index in [0.717, 1.165) is 49.1 Å². The molecule has 130 valence electrons. The topological polar surface area (TPSA) is 42.2 Å². The average molecular weight is 347 g/mol. The minimum atomic E-state index is -4.45. The van der Waals surface area contributed by atoms with Crippen molar-refractivity contribution in [3.8, 4) is 0 Å². The zero-order valence-corrected chi connectivity index (χ0v) is 13.6.